The molecule has 2 fully saturated rings. The second-order valence-corrected chi connectivity index (χ2v) is 8.85. The Morgan fingerprint density at radius 2 is 1.83 bits per heavy atom. The zero-order chi connectivity index (χ0) is 16.3. The van der Waals surface area contributed by atoms with Gasteiger partial charge >= 0.3 is 0 Å². The summed E-state index contributed by atoms with van der Waals surface area (Å²) in [7, 11) is -3.25. The van der Waals surface area contributed by atoms with Crippen molar-refractivity contribution in [3.05, 3.63) is 18.3 Å². The van der Waals surface area contributed by atoms with Crippen LogP contribution < -0.4 is 5.32 Å². The molecule has 0 amide bonds. The molecule has 128 valence electrons. The van der Waals surface area contributed by atoms with Gasteiger partial charge in [-0.3, -0.25) is 0 Å². The first kappa shape index (κ1) is 16.7. The van der Waals surface area contributed by atoms with Gasteiger partial charge in [0.05, 0.1) is 0 Å². The highest BCUT2D eigenvalue weighted by Crippen LogP contribution is 2.27. The highest BCUT2D eigenvalue weighted by molar-refractivity contribution is 7.90. The Bertz CT molecular complexity index is 618. The van der Waals surface area contributed by atoms with Crippen molar-refractivity contribution in [2.75, 3.05) is 24.7 Å². The number of nitrogens with one attached hydrogen (secondary N) is 1. The molecule has 0 unspecified atom stereocenters. The smallest absolute Gasteiger partial charge is 0.179 e. The number of piperidine rings is 1. The molecule has 2 aliphatic rings. The Hall–Kier alpha value is -1.14. The third kappa shape index (κ3) is 4.23. The van der Waals surface area contributed by atoms with Crippen LogP contribution >= 0.6 is 0 Å². The molecular formula is C17H27N3O2S. The topological polar surface area (TPSA) is 62.3 Å². The van der Waals surface area contributed by atoms with E-state index in [9.17, 15) is 8.42 Å². The van der Waals surface area contributed by atoms with E-state index < -0.39 is 9.84 Å². The lowest BCUT2D eigenvalue weighted by Crippen LogP contribution is -2.45. The van der Waals surface area contributed by atoms with Crippen LogP contribution in [0.5, 0.6) is 0 Å². The lowest BCUT2D eigenvalue weighted by atomic mass is 9.92. The van der Waals surface area contributed by atoms with Crippen LogP contribution in [0.25, 0.3) is 0 Å². The molecule has 0 spiro atoms. The average molecular weight is 337 g/mol. The van der Waals surface area contributed by atoms with Gasteiger partial charge in [-0.25, -0.2) is 13.4 Å². The molecule has 3 rings (SSSR count). The maximum Gasteiger partial charge on any atom is 0.179 e. The first-order chi connectivity index (χ1) is 11.0. The van der Waals surface area contributed by atoms with Crippen LogP contribution in [0.15, 0.2) is 23.2 Å². The van der Waals surface area contributed by atoms with Crippen LogP contribution in [-0.2, 0) is 9.84 Å². The minimum atomic E-state index is -3.25. The Balaban J connectivity index is 1.59. The summed E-state index contributed by atoms with van der Waals surface area (Å²) in [5, 5.41) is 3.36. The van der Waals surface area contributed by atoms with Crippen LogP contribution in [-0.4, -0.2) is 49.7 Å². The fourth-order valence-corrected chi connectivity index (χ4v) is 4.64. The van der Waals surface area contributed by atoms with Gasteiger partial charge in [0.2, 0.25) is 0 Å². The second kappa shape index (κ2) is 7.18. The average Bonchev–Trinajstić information content (AvgIpc) is 2.56. The Morgan fingerprint density at radius 1 is 1.13 bits per heavy atom. The van der Waals surface area contributed by atoms with Crippen molar-refractivity contribution in [3.8, 4) is 0 Å². The summed E-state index contributed by atoms with van der Waals surface area (Å²) < 4.78 is 23.7. The molecule has 6 heteroatoms. The van der Waals surface area contributed by atoms with Gasteiger partial charge in [0, 0.05) is 37.6 Å². The number of hydrogen-bond donors (Lipinski definition) is 1. The number of likely N-dealkylation sites (tertiary alicyclic amines) is 1. The van der Waals surface area contributed by atoms with E-state index >= 15 is 0 Å². The highest BCUT2D eigenvalue weighted by atomic mass is 32.2. The van der Waals surface area contributed by atoms with E-state index in [1.807, 2.05) is 0 Å². The Labute approximate surface area is 139 Å². The van der Waals surface area contributed by atoms with E-state index in [1.165, 1.54) is 38.4 Å². The minimum absolute atomic E-state index is 0.301. The van der Waals surface area contributed by atoms with E-state index in [2.05, 4.69) is 15.2 Å². The van der Waals surface area contributed by atoms with Crippen molar-refractivity contribution in [1.82, 2.24) is 9.88 Å². The fourth-order valence-electron chi connectivity index (χ4n) is 3.85. The molecule has 1 aliphatic heterocycles. The molecule has 0 radical (unpaired) electrons. The second-order valence-electron chi connectivity index (χ2n) is 6.87. The standard InChI is InChI=1S/C17H27N3O2S/c1-23(21,22)16-8-5-11-18-17(16)19-14-9-12-20(13-10-14)15-6-3-2-4-7-15/h5,8,11,14-15H,2-4,6-7,9-10,12-13H2,1H3,(H,18,19). The zero-order valence-electron chi connectivity index (χ0n) is 13.9. The summed E-state index contributed by atoms with van der Waals surface area (Å²) in [6, 6.07) is 4.38. The van der Waals surface area contributed by atoms with Gasteiger partial charge in [-0.05, 0) is 37.8 Å². The molecule has 5 nitrogen and oxygen atoms in total. The van der Waals surface area contributed by atoms with E-state index in [0.717, 1.165) is 32.0 Å². The third-order valence-corrected chi connectivity index (χ3v) is 6.26. The van der Waals surface area contributed by atoms with Gasteiger partial charge in [0.1, 0.15) is 10.7 Å². The summed E-state index contributed by atoms with van der Waals surface area (Å²) in [4.78, 5) is 7.18. The lowest BCUT2D eigenvalue weighted by molar-refractivity contribution is 0.126. The molecule has 23 heavy (non-hydrogen) atoms. The van der Waals surface area contributed by atoms with E-state index in [1.54, 1.807) is 18.3 Å². The van der Waals surface area contributed by atoms with Gasteiger partial charge in [0.15, 0.2) is 9.84 Å². The third-order valence-electron chi connectivity index (χ3n) is 5.13. The first-order valence-corrected chi connectivity index (χ1v) is 10.6. The number of rotatable bonds is 4. The molecule has 1 aliphatic carbocycles. The molecule has 0 bridgehead atoms. The molecule has 1 saturated carbocycles. The zero-order valence-corrected chi connectivity index (χ0v) is 14.7. The van der Waals surface area contributed by atoms with Gasteiger partial charge in [-0.1, -0.05) is 19.3 Å². The Kier molecular flexibility index (Phi) is 5.21. The molecule has 1 aromatic rings. The van der Waals surface area contributed by atoms with Crippen molar-refractivity contribution in [2.24, 2.45) is 0 Å². The van der Waals surface area contributed by atoms with Gasteiger partial charge in [0.25, 0.3) is 0 Å². The minimum Gasteiger partial charge on any atom is -0.366 e. The largest absolute Gasteiger partial charge is 0.366 e. The van der Waals surface area contributed by atoms with Crippen LogP contribution in [0.2, 0.25) is 0 Å². The summed E-state index contributed by atoms with van der Waals surface area (Å²) >= 11 is 0. The van der Waals surface area contributed by atoms with E-state index in [4.69, 9.17) is 0 Å². The van der Waals surface area contributed by atoms with Crippen LogP contribution in [0.4, 0.5) is 5.82 Å². The van der Waals surface area contributed by atoms with Gasteiger partial charge in [-0.2, -0.15) is 0 Å². The summed E-state index contributed by atoms with van der Waals surface area (Å²) in [5.74, 6) is 0.506. The van der Waals surface area contributed by atoms with Gasteiger partial charge < -0.3 is 10.2 Å². The summed E-state index contributed by atoms with van der Waals surface area (Å²) in [6.45, 7) is 2.20. The quantitative estimate of drug-likeness (QED) is 0.915. The Morgan fingerprint density at radius 3 is 2.48 bits per heavy atom. The SMILES string of the molecule is CS(=O)(=O)c1cccnc1NC1CCN(C2CCCCC2)CC1. The molecule has 0 atom stereocenters. The number of aromatic nitrogens is 1. The van der Waals surface area contributed by atoms with Crippen molar-refractivity contribution in [1.29, 1.82) is 0 Å². The predicted molar refractivity (Wildman–Crippen MR) is 92.4 cm³/mol. The number of anilines is 1. The van der Waals surface area contributed by atoms with Crippen molar-refractivity contribution in [3.63, 3.8) is 0 Å². The van der Waals surface area contributed by atoms with Crippen LogP contribution in [0, 0.1) is 0 Å². The number of hydrogen-bond acceptors (Lipinski definition) is 5. The van der Waals surface area contributed by atoms with Crippen LogP contribution in [0.1, 0.15) is 44.9 Å². The van der Waals surface area contributed by atoms with Gasteiger partial charge in [-0.15, -0.1) is 0 Å². The molecular weight excluding hydrogens is 310 g/mol. The fraction of sp³-hybridized carbons (Fsp3) is 0.706. The molecule has 1 N–H and O–H groups in total. The monoisotopic (exact) mass is 337 g/mol. The van der Waals surface area contributed by atoms with Crippen molar-refractivity contribution < 1.29 is 8.42 Å². The summed E-state index contributed by atoms with van der Waals surface area (Å²) in [5.41, 5.74) is 0. The number of nitrogens with zero attached hydrogens (tertiary/aromatic N) is 2. The lowest BCUT2D eigenvalue weighted by Gasteiger charge is -2.39. The molecule has 1 aromatic heterocycles. The number of sulfone groups is 1. The van der Waals surface area contributed by atoms with E-state index in [0.29, 0.717) is 16.8 Å². The van der Waals surface area contributed by atoms with E-state index in [-0.39, 0.29) is 0 Å². The maximum atomic E-state index is 11.9. The predicted octanol–water partition coefficient (Wildman–Crippen LogP) is 2.69. The molecule has 1 saturated heterocycles. The van der Waals surface area contributed by atoms with Crippen molar-refractivity contribution >= 4 is 15.7 Å². The first-order valence-electron chi connectivity index (χ1n) is 8.70. The highest BCUT2D eigenvalue weighted by Gasteiger charge is 2.27. The number of pyridine rings is 1. The molecule has 2 heterocycles. The molecule has 0 aromatic carbocycles. The van der Waals surface area contributed by atoms with Crippen molar-refractivity contribution in [2.45, 2.75) is 61.9 Å². The normalized spacial score (nSPS) is 22.1. The maximum absolute atomic E-state index is 11.9. The summed E-state index contributed by atoms with van der Waals surface area (Å²) in [6.07, 6.45) is 11.8. The van der Waals surface area contributed by atoms with Crippen LogP contribution in [0.3, 0.4) is 0 Å².